The smallest absolute Gasteiger partial charge is 0.254 e. The topological polar surface area (TPSA) is 108 Å². The molecule has 11 heteroatoms. The van der Waals surface area contributed by atoms with Gasteiger partial charge in [-0.1, -0.05) is 23.7 Å². The molecule has 1 fully saturated rings. The van der Waals surface area contributed by atoms with Gasteiger partial charge in [0.25, 0.3) is 5.91 Å². The van der Waals surface area contributed by atoms with E-state index in [0.717, 1.165) is 11.4 Å². The lowest BCUT2D eigenvalue weighted by atomic mass is 10.1. The number of nitrogens with zero attached hydrogens (tertiary/aromatic N) is 2. The Morgan fingerprint density at radius 2 is 1.74 bits per heavy atom. The quantitative estimate of drug-likeness (QED) is 0.448. The van der Waals surface area contributed by atoms with Gasteiger partial charge in [0.15, 0.2) is 9.84 Å². The molecule has 3 aromatic carbocycles. The molecule has 39 heavy (non-hydrogen) atoms. The molecule has 2 aliphatic heterocycles. The van der Waals surface area contributed by atoms with E-state index in [1.54, 1.807) is 54.5 Å². The number of carbonyl (C=O) groups is 2. The van der Waals surface area contributed by atoms with E-state index >= 15 is 0 Å². The number of methoxy groups -OCH3 is 1. The van der Waals surface area contributed by atoms with Crippen molar-refractivity contribution in [1.29, 1.82) is 0 Å². The molecular formula is C28H29ClN4O5S. The first-order chi connectivity index (χ1) is 18.7. The summed E-state index contributed by atoms with van der Waals surface area (Å²) in [5, 5.41) is 6.24. The van der Waals surface area contributed by atoms with Gasteiger partial charge in [-0.15, -0.1) is 0 Å². The number of hydrogen-bond donors (Lipinski definition) is 2. The fraction of sp³-hybridized carbons (Fsp3) is 0.286. The van der Waals surface area contributed by atoms with E-state index < -0.39 is 21.8 Å². The fourth-order valence-corrected chi connectivity index (χ4v) is 6.59. The molecule has 3 aromatic rings. The summed E-state index contributed by atoms with van der Waals surface area (Å²) < 4.78 is 30.8. The molecule has 2 N–H and O–H groups in total. The van der Waals surface area contributed by atoms with Gasteiger partial charge >= 0.3 is 0 Å². The molecule has 0 aliphatic carbocycles. The first-order valence-electron chi connectivity index (χ1n) is 12.6. The molecule has 9 nitrogen and oxygen atoms in total. The largest absolute Gasteiger partial charge is 0.497 e. The number of hydrogen-bond acceptors (Lipinski definition) is 7. The van der Waals surface area contributed by atoms with Crippen molar-refractivity contribution >= 4 is 50.3 Å². The lowest BCUT2D eigenvalue weighted by Gasteiger charge is -2.36. The van der Waals surface area contributed by atoms with Crippen LogP contribution in [0.4, 0.5) is 17.1 Å². The molecule has 0 saturated carbocycles. The number of fused-ring (bicyclic) bond motifs is 1. The Labute approximate surface area is 232 Å². The molecule has 1 atom stereocenters. The number of sulfone groups is 1. The number of amides is 2. The minimum atomic E-state index is -3.60. The fourth-order valence-electron chi connectivity index (χ4n) is 4.83. The molecule has 0 bridgehead atoms. The van der Waals surface area contributed by atoms with Crippen LogP contribution in [0.1, 0.15) is 15.9 Å². The normalized spacial score (nSPS) is 17.2. The lowest BCUT2D eigenvalue weighted by Crippen LogP contribution is -2.49. The van der Waals surface area contributed by atoms with E-state index in [2.05, 4.69) is 15.5 Å². The van der Waals surface area contributed by atoms with Gasteiger partial charge in [-0.3, -0.25) is 9.59 Å². The van der Waals surface area contributed by atoms with E-state index in [4.69, 9.17) is 16.3 Å². The van der Waals surface area contributed by atoms with Crippen LogP contribution in [0.2, 0.25) is 5.02 Å². The highest BCUT2D eigenvalue weighted by Gasteiger charge is 2.31. The minimum absolute atomic E-state index is 0.118. The lowest BCUT2D eigenvalue weighted by molar-refractivity contribution is -0.116. The molecule has 2 aliphatic rings. The Morgan fingerprint density at radius 3 is 2.44 bits per heavy atom. The molecule has 2 amide bonds. The maximum atomic E-state index is 13.2. The van der Waals surface area contributed by atoms with Crippen LogP contribution in [0.3, 0.4) is 0 Å². The summed E-state index contributed by atoms with van der Waals surface area (Å²) in [6.07, 6.45) is 0. The Hall–Kier alpha value is -3.76. The predicted octanol–water partition coefficient (Wildman–Crippen LogP) is 3.66. The highest BCUT2D eigenvalue weighted by molar-refractivity contribution is 7.90. The summed E-state index contributed by atoms with van der Waals surface area (Å²) in [4.78, 5) is 30.0. The standard InChI is InChI=1S/C28H29ClN4O5S/c1-38-23-8-6-22(7-9-23)32-11-13-33(14-12-32)28(35)20-5-10-24-25(16-20)31-27(34)26(30-24)18-39(36,37)17-19-3-2-4-21(29)15-19/h2-10,15-16,26,30H,11-14,17-18H2,1H3,(H,31,34). The van der Waals surface area contributed by atoms with Crippen LogP contribution in [0.25, 0.3) is 0 Å². The SMILES string of the molecule is COc1ccc(N2CCN(C(=O)c3ccc4c(c3)NC(=O)C(CS(=O)(=O)Cc3cccc(Cl)c3)N4)CC2)cc1. The van der Waals surface area contributed by atoms with Crippen molar-refractivity contribution in [2.24, 2.45) is 0 Å². The molecule has 0 aromatic heterocycles. The summed E-state index contributed by atoms with van der Waals surface area (Å²) >= 11 is 5.97. The van der Waals surface area contributed by atoms with Crippen molar-refractivity contribution in [1.82, 2.24) is 4.90 Å². The van der Waals surface area contributed by atoms with Crippen molar-refractivity contribution in [3.63, 3.8) is 0 Å². The first kappa shape index (κ1) is 26.8. The second kappa shape index (κ2) is 11.2. The van der Waals surface area contributed by atoms with E-state index in [9.17, 15) is 18.0 Å². The zero-order valence-electron chi connectivity index (χ0n) is 21.4. The third-order valence-electron chi connectivity index (χ3n) is 6.87. The monoisotopic (exact) mass is 568 g/mol. The molecule has 0 spiro atoms. The third-order valence-corrected chi connectivity index (χ3v) is 8.72. The second-order valence-corrected chi connectivity index (χ2v) is 12.2. The Morgan fingerprint density at radius 1 is 1.00 bits per heavy atom. The van der Waals surface area contributed by atoms with Crippen LogP contribution in [-0.4, -0.2) is 70.2 Å². The van der Waals surface area contributed by atoms with E-state index in [-0.39, 0.29) is 17.4 Å². The summed E-state index contributed by atoms with van der Waals surface area (Å²) in [7, 11) is -1.97. The van der Waals surface area contributed by atoms with Gasteiger partial charge < -0.3 is 25.2 Å². The average Bonchev–Trinajstić information content (AvgIpc) is 2.92. The maximum absolute atomic E-state index is 13.2. The highest BCUT2D eigenvalue weighted by Crippen LogP contribution is 2.29. The van der Waals surface area contributed by atoms with Crippen LogP contribution < -0.4 is 20.3 Å². The van der Waals surface area contributed by atoms with Gasteiger partial charge in [0.05, 0.1) is 30.0 Å². The van der Waals surface area contributed by atoms with Gasteiger partial charge in [0.1, 0.15) is 11.8 Å². The van der Waals surface area contributed by atoms with Gasteiger partial charge in [-0.25, -0.2) is 8.42 Å². The molecule has 204 valence electrons. The molecule has 1 unspecified atom stereocenters. The van der Waals surface area contributed by atoms with E-state index in [1.807, 2.05) is 24.3 Å². The van der Waals surface area contributed by atoms with Crippen LogP contribution in [0.5, 0.6) is 5.75 Å². The summed E-state index contributed by atoms with van der Waals surface area (Å²) in [6, 6.07) is 18.6. The van der Waals surface area contributed by atoms with Gasteiger partial charge in [-0.2, -0.15) is 0 Å². The minimum Gasteiger partial charge on any atom is -0.497 e. The summed E-state index contributed by atoms with van der Waals surface area (Å²) in [5.74, 6) is -0.371. The van der Waals surface area contributed by atoms with E-state index in [0.29, 0.717) is 53.7 Å². The van der Waals surface area contributed by atoms with Gasteiger partial charge in [-0.05, 0) is 60.2 Å². The number of halogens is 1. The van der Waals surface area contributed by atoms with Crippen molar-refractivity contribution < 1.29 is 22.7 Å². The number of piperazine rings is 1. The molecule has 0 radical (unpaired) electrons. The van der Waals surface area contributed by atoms with Crippen LogP contribution in [-0.2, 0) is 20.4 Å². The number of benzene rings is 3. The van der Waals surface area contributed by atoms with Crippen molar-refractivity contribution in [2.75, 3.05) is 54.6 Å². The zero-order valence-corrected chi connectivity index (χ0v) is 23.0. The maximum Gasteiger partial charge on any atom is 0.254 e. The average molecular weight is 569 g/mol. The van der Waals surface area contributed by atoms with Crippen LogP contribution >= 0.6 is 11.6 Å². The van der Waals surface area contributed by atoms with E-state index in [1.165, 1.54) is 0 Å². The summed E-state index contributed by atoms with van der Waals surface area (Å²) in [5.41, 5.74) is 3.12. The van der Waals surface area contributed by atoms with Gasteiger partial charge in [0.2, 0.25) is 5.91 Å². The first-order valence-corrected chi connectivity index (χ1v) is 14.8. The summed E-state index contributed by atoms with van der Waals surface area (Å²) in [6.45, 7) is 2.54. The van der Waals surface area contributed by atoms with Crippen LogP contribution in [0, 0.1) is 0 Å². The molecule has 5 rings (SSSR count). The molecule has 1 saturated heterocycles. The zero-order chi connectivity index (χ0) is 27.6. The predicted molar refractivity (Wildman–Crippen MR) is 153 cm³/mol. The van der Waals surface area contributed by atoms with Crippen molar-refractivity contribution in [3.05, 3.63) is 82.9 Å². The number of rotatable bonds is 7. The Bertz CT molecular complexity index is 1490. The number of ether oxygens (including phenoxy) is 1. The Balaban J connectivity index is 1.20. The third kappa shape index (κ3) is 6.29. The molecule has 2 heterocycles. The molecular weight excluding hydrogens is 540 g/mol. The van der Waals surface area contributed by atoms with Crippen LogP contribution in [0.15, 0.2) is 66.7 Å². The number of carbonyl (C=O) groups excluding carboxylic acids is 2. The van der Waals surface area contributed by atoms with Gasteiger partial charge in [0, 0.05) is 42.5 Å². The van der Waals surface area contributed by atoms with Crippen molar-refractivity contribution in [3.8, 4) is 5.75 Å². The van der Waals surface area contributed by atoms with Crippen molar-refractivity contribution in [2.45, 2.75) is 11.8 Å². The Kier molecular flexibility index (Phi) is 7.67. The number of nitrogens with one attached hydrogen (secondary N) is 2. The second-order valence-electron chi connectivity index (χ2n) is 9.61. The number of anilines is 3. The highest BCUT2D eigenvalue weighted by atomic mass is 35.5.